The number of benzene rings is 1. The first-order valence-corrected chi connectivity index (χ1v) is 9.31. The predicted octanol–water partition coefficient (Wildman–Crippen LogP) is 2.66. The van der Waals surface area contributed by atoms with Crippen molar-refractivity contribution in [3.05, 3.63) is 29.8 Å². The Hall–Kier alpha value is -2.37. The van der Waals surface area contributed by atoms with E-state index in [9.17, 15) is 14.4 Å². The Morgan fingerprint density at radius 3 is 2.73 bits per heavy atom. The number of rotatable bonds is 6. The van der Waals surface area contributed by atoms with Gasteiger partial charge >= 0.3 is 0 Å². The second-order valence-electron chi connectivity index (χ2n) is 7.33. The van der Waals surface area contributed by atoms with Crippen molar-refractivity contribution in [2.45, 2.75) is 40.0 Å². The van der Waals surface area contributed by atoms with Crippen LogP contribution in [-0.2, 0) is 9.59 Å². The molecule has 3 amide bonds. The summed E-state index contributed by atoms with van der Waals surface area (Å²) in [6.07, 6.45) is 2.58. The molecule has 0 radical (unpaired) electrons. The van der Waals surface area contributed by atoms with Crippen LogP contribution in [0.5, 0.6) is 0 Å². The summed E-state index contributed by atoms with van der Waals surface area (Å²) in [6.45, 7) is 7.46. The Bertz CT molecular complexity index is 657. The van der Waals surface area contributed by atoms with E-state index in [2.05, 4.69) is 24.5 Å². The van der Waals surface area contributed by atoms with Gasteiger partial charge in [0.2, 0.25) is 11.8 Å². The number of hydrogen-bond donors (Lipinski definition) is 2. The molecule has 26 heavy (non-hydrogen) atoms. The molecule has 0 aromatic heterocycles. The first-order chi connectivity index (χ1) is 12.4. The van der Waals surface area contributed by atoms with E-state index in [1.54, 1.807) is 29.2 Å². The van der Waals surface area contributed by atoms with E-state index >= 15 is 0 Å². The van der Waals surface area contributed by atoms with Gasteiger partial charge in [0, 0.05) is 37.8 Å². The molecule has 0 aliphatic carbocycles. The number of nitrogens with one attached hydrogen (secondary N) is 2. The van der Waals surface area contributed by atoms with Gasteiger partial charge in [0.25, 0.3) is 5.91 Å². The fraction of sp³-hybridized carbons (Fsp3) is 0.550. The predicted molar refractivity (Wildman–Crippen MR) is 102 cm³/mol. The van der Waals surface area contributed by atoms with Gasteiger partial charge in [-0.3, -0.25) is 14.4 Å². The molecule has 1 fully saturated rings. The van der Waals surface area contributed by atoms with E-state index in [0.29, 0.717) is 36.8 Å². The van der Waals surface area contributed by atoms with Crippen molar-refractivity contribution < 1.29 is 14.4 Å². The normalized spacial score (nSPS) is 17.1. The van der Waals surface area contributed by atoms with E-state index in [4.69, 9.17) is 0 Å². The molecular weight excluding hydrogens is 330 g/mol. The lowest BCUT2D eigenvalue weighted by Crippen LogP contribution is -2.45. The van der Waals surface area contributed by atoms with Gasteiger partial charge in [0.15, 0.2) is 0 Å². The molecule has 1 aromatic rings. The van der Waals surface area contributed by atoms with Crippen LogP contribution in [0.1, 0.15) is 50.4 Å². The van der Waals surface area contributed by atoms with Crippen LogP contribution in [0.15, 0.2) is 24.3 Å². The van der Waals surface area contributed by atoms with Gasteiger partial charge in [-0.25, -0.2) is 0 Å². The van der Waals surface area contributed by atoms with Gasteiger partial charge in [-0.15, -0.1) is 0 Å². The smallest absolute Gasteiger partial charge is 0.253 e. The van der Waals surface area contributed by atoms with E-state index in [1.165, 1.54) is 6.92 Å². The molecule has 6 nitrogen and oxygen atoms in total. The highest BCUT2D eigenvalue weighted by Crippen LogP contribution is 2.20. The molecule has 0 spiro atoms. The topological polar surface area (TPSA) is 78.5 Å². The van der Waals surface area contributed by atoms with Crippen LogP contribution in [0.25, 0.3) is 0 Å². The van der Waals surface area contributed by atoms with Crippen molar-refractivity contribution >= 4 is 23.4 Å². The fourth-order valence-electron chi connectivity index (χ4n) is 3.12. The SMILES string of the molecule is CC(=O)Nc1cccc(C(=O)N2CCCC(C(=O)NCCC(C)C)C2)c1. The highest BCUT2D eigenvalue weighted by molar-refractivity contribution is 5.97. The van der Waals surface area contributed by atoms with Crippen LogP contribution in [0.2, 0.25) is 0 Å². The maximum absolute atomic E-state index is 12.8. The molecule has 142 valence electrons. The van der Waals surface area contributed by atoms with E-state index < -0.39 is 0 Å². The summed E-state index contributed by atoms with van der Waals surface area (Å²) >= 11 is 0. The summed E-state index contributed by atoms with van der Waals surface area (Å²) in [4.78, 5) is 38.1. The fourth-order valence-corrected chi connectivity index (χ4v) is 3.12. The molecule has 1 aliphatic heterocycles. The number of amides is 3. The Morgan fingerprint density at radius 2 is 2.04 bits per heavy atom. The average molecular weight is 359 g/mol. The highest BCUT2D eigenvalue weighted by Gasteiger charge is 2.28. The summed E-state index contributed by atoms with van der Waals surface area (Å²) in [5, 5.41) is 5.68. The number of nitrogens with zero attached hydrogens (tertiary/aromatic N) is 1. The van der Waals surface area contributed by atoms with Crippen LogP contribution in [0.3, 0.4) is 0 Å². The lowest BCUT2D eigenvalue weighted by atomic mass is 9.96. The lowest BCUT2D eigenvalue weighted by Gasteiger charge is -2.32. The average Bonchev–Trinajstić information content (AvgIpc) is 2.60. The van der Waals surface area contributed by atoms with Crippen LogP contribution >= 0.6 is 0 Å². The zero-order chi connectivity index (χ0) is 19.1. The number of carbonyl (C=O) groups excluding carboxylic acids is 3. The first kappa shape index (κ1) is 19.9. The lowest BCUT2D eigenvalue weighted by molar-refractivity contribution is -0.126. The number of likely N-dealkylation sites (tertiary alicyclic amines) is 1. The van der Waals surface area contributed by atoms with Gasteiger partial charge in [0.05, 0.1) is 5.92 Å². The van der Waals surface area contributed by atoms with Crippen molar-refractivity contribution in [3.8, 4) is 0 Å². The van der Waals surface area contributed by atoms with Crippen LogP contribution < -0.4 is 10.6 Å². The maximum Gasteiger partial charge on any atom is 0.253 e. The quantitative estimate of drug-likeness (QED) is 0.820. The summed E-state index contributed by atoms with van der Waals surface area (Å²) in [5.74, 6) is 0.159. The molecule has 6 heteroatoms. The molecule has 1 aromatic carbocycles. The molecule has 2 N–H and O–H groups in total. The van der Waals surface area contributed by atoms with Crippen LogP contribution in [0.4, 0.5) is 5.69 Å². The minimum absolute atomic E-state index is 0.0372. The number of carbonyl (C=O) groups is 3. The van der Waals surface area contributed by atoms with Gasteiger partial charge in [-0.05, 0) is 43.4 Å². The molecule has 2 rings (SSSR count). The number of anilines is 1. The molecular formula is C20H29N3O3. The summed E-state index contributed by atoms with van der Waals surface area (Å²) < 4.78 is 0. The molecule has 1 aliphatic rings. The molecule has 0 saturated carbocycles. The second-order valence-corrected chi connectivity index (χ2v) is 7.33. The van der Waals surface area contributed by atoms with Crippen molar-refractivity contribution in [3.63, 3.8) is 0 Å². The maximum atomic E-state index is 12.8. The van der Waals surface area contributed by atoms with Gasteiger partial charge < -0.3 is 15.5 Å². The number of piperidine rings is 1. The summed E-state index contributed by atoms with van der Waals surface area (Å²) in [5.41, 5.74) is 1.13. The van der Waals surface area contributed by atoms with Gasteiger partial charge in [-0.1, -0.05) is 19.9 Å². The molecule has 1 heterocycles. The van der Waals surface area contributed by atoms with Gasteiger partial charge in [0.1, 0.15) is 0 Å². The highest BCUT2D eigenvalue weighted by atomic mass is 16.2. The molecule has 1 unspecified atom stereocenters. The monoisotopic (exact) mass is 359 g/mol. The molecule has 1 saturated heterocycles. The molecule has 0 bridgehead atoms. The van der Waals surface area contributed by atoms with E-state index in [1.807, 2.05) is 0 Å². The van der Waals surface area contributed by atoms with Crippen LogP contribution in [0, 0.1) is 11.8 Å². The minimum atomic E-state index is -0.175. The Labute approximate surface area is 155 Å². The van der Waals surface area contributed by atoms with Gasteiger partial charge in [-0.2, -0.15) is 0 Å². The minimum Gasteiger partial charge on any atom is -0.356 e. The number of hydrogen-bond acceptors (Lipinski definition) is 3. The van der Waals surface area contributed by atoms with Crippen molar-refractivity contribution in [2.24, 2.45) is 11.8 Å². The third-order valence-electron chi connectivity index (χ3n) is 4.53. The summed E-state index contributed by atoms with van der Waals surface area (Å²) in [7, 11) is 0. The van der Waals surface area contributed by atoms with Crippen LogP contribution in [-0.4, -0.2) is 42.3 Å². The zero-order valence-corrected chi connectivity index (χ0v) is 15.9. The Kier molecular flexibility index (Phi) is 7.18. The first-order valence-electron chi connectivity index (χ1n) is 9.31. The molecule has 1 atom stereocenters. The third-order valence-corrected chi connectivity index (χ3v) is 4.53. The third kappa shape index (κ3) is 5.86. The largest absolute Gasteiger partial charge is 0.356 e. The van der Waals surface area contributed by atoms with Crippen molar-refractivity contribution in [2.75, 3.05) is 25.0 Å². The van der Waals surface area contributed by atoms with E-state index in [0.717, 1.165) is 19.3 Å². The summed E-state index contributed by atoms with van der Waals surface area (Å²) in [6, 6.07) is 6.91. The standard InChI is InChI=1S/C20H29N3O3/c1-14(2)9-10-21-19(25)17-7-5-11-23(13-17)20(26)16-6-4-8-18(12-16)22-15(3)24/h4,6,8,12,14,17H,5,7,9-11,13H2,1-3H3,(H,21,25)(H,22,24). The van der Waals surface area contributed by atoms with E-state index in [-0.39, 0.29) is 23.6 Å². The Morgan fingerprint density at radius 1 is 1.27 bits per heavy atom. The van der Waals surface area contributed by atoms with Crippen molar-refractivity contribution in [1.29, 1.82) is 0 Å². The zero-order valence-electron chi connectivity index (χ0n) is 15.9. The Balaban J connectivity index is 1.97. The second kappa shape index (κ2) is 9.36. The van der Waals surface area contributed by atoms with Crippen molar-refractivity contribution in [1.82, 2.24) is 10.2 Å².